The molecular formula is C14H18N2OS. The molecule has 0 aliphatic carbocycles. The van der Waals surface area contributed by atoms with Gasteiger partial charge in [0.1, 0.15) is 5.75 Å². The van der Waals surface area contributed by atoms with Gasteiger partial charge in [-0.2, -0.15) is 0 Å². The maximum atomic E-state index is 5.23. The lowest BCUT2D eigenvalue weighted by Crippen LogP contribution is -2.16. The average molecular weight is 262 g/mol. The third kappa shape index (κ3) is 2.54. The summed E-state index contributed by atoms with van der Waals surface area (Å²) in [6.07, 6.45) is 3.61. The molecule has 18 heavy (non-hydrogen) atoms. The minimum Gasteiger partial charge on any atom is -0.495 e. The zero-order valence-corrected chi connectivity index (χ0v) is 12.0. The van der Waals surface area contributed by atoms with Crippen LogP contribution >= 0.6 is 11.3 Å². The van der Waals surface area contributed by atoms with Crippen LogP contribution in [-0.4, -0.2) is 19.1 Å². The number of nitrogens with one attached hydrogen (secondary N) is 1. The van der Waals surface area contributed by atoms with Gasteiger partial charge in [0.05, 0.1) is 19.3 Å². The molecule has 2 heterocycles. The van der Waals surface area contributed by atoms with Crippen molar-refractivity contribution in [3.63, 3.8) is 0 Å². The van der Waals surface area contributed by atoms with Gasteiger partial charge in [-0.05, 0) is 44.2 Å². The van der Waals surface area contributed by atoms with Crippen molar-refractivity contribution in [2.75, 3.05) is 14.2 Å². The van der Waals surface area contributed by atoms with Crippen molar-refractivity contribution < 1.29 is 4.74 Å². The Morgan fingerprint density at radius 3 is 2.61 bits per heavy atom. The Labute approximate surface area is 112 Å². The van der Waals surface area contributed by atoms with Gasteiger partial charge < -0.3 is 10.1 Å². The maximum Gasteiger partial charge on any atom is 0.137 e. The number of nitrogens with zero attached hydrogens (tertiary/aromatic N) is 1. The van der Waals surface area contributed by atoms with Gasteiger partial charge in [-0.3, -0.25) is 4.98 Å². The summed E-state index contributed by atoms with van der Waals surface area (Å²) in [4.78, 5) is 6.89. The Morgan fingerprint density at radius 1 is 1.28 bits per heavy atom. The highest BCUT2D eigenvalue weighted by molar-refractivity contribution is 7.12. The summed E-state index contributed by atoms with van der Waals surface area (Å²) >= 11 is 1.82. The molecule has 1 N–H and O–H groups in total. The molecule has 0 saturated heterocycles. The van der Waals surface area contributed by atoms with Crippen LogP contribution in [0.2, 0.25) is 0 Å². The summed E-state index contributed by atoms with van der Waals surface area (Å²) in [5.74, 6) is 0.790. The minimum atomic E-state index is 0.171. The van der Waals surface area contributed by atoms with Crippen molar-refractivity contribution in [1.29, 1.82) is 0 Å². The van der Waals surface area contributed by atoms with Crippen LogP contribution in [0.3, 0.4) is 0 Å². The van der Waals surface area contributed by atoms with Crippen molar-refractivity contribution in [3.05, 3.63) is 45.4 Å². The van der Waals surface area contributed by atoms with E-state index in [1.165, 1.54) is 15.3 Å². The molecule has 0 aliphatic rings. The molecule has 96 valence electrons. The summed E-state index contributed by atoms with van der Waals surface area (Å²) in [5.41, 5.74) is 2.46. The van der Waals surface area contributed by atoms with E-state index in [0.29, 0.717) is 0 Å². The van der Waals surface area contributed by atoms with Gasteiger partial charge in [0.2, 0.25) is 0 Å². The molecule has 2 aromatic rings. The quantitative estimate of drug-likeness (QED) is 0.919. The molecule has 2 rings (SSSR count). The Hall–Kier alpha value is -1.39. The lowest BCUT2D eigenvalue weighted by atomic mass is 10.1. The van der Waals surface area contributed by atoms with E-state index in [4.69, 9.17) is 4.74 Å². The highest BCUT2D eigenvalue weighted by Gasteiger charge is 2.16. The standard InChI is InChI=1S/C14H18N2OS/c1-9-5-13(18-10(9)2)14(15-3)11-6-12(17-4)8-16-7-11/h5-8,14-15H,1-4H3. The van der Waals surface area contributed by atoms with Crippen molar-refractivity contribution in [2.24, 2.45) is 0 Å². The van der Waals surface area contributed by atoms with Gasteiger partial charge in [0.25, 0.3) is 0 Å². The van der Waals surface area contributed by atoms with E-state index >= 15 is 0 Å². The van der Waals surface area contributed by atoms with Gasteiger partial charge in [-0.15, -0.1) is 11.3 Å². The molecule has 1 atom stereocenters. The molecular weight excluding hydrogens is 244 g/mol. The first kappa shape index (κ1) is 13.1. The molecule has 3 nitrogen and oxygen atoms in total. The molecule has 4 heteroatoms. The van der Waals surface area contributed by atoms with Crippen LogP contribution in [-0.2, 0) is 0 Å². The highest BCUT2D eigenvalue weighted by atomic mass is 32.1. The maximum absolute atomic E-state index is 5.23. The van der Waals surface area contributed by atoms with Gasteiger partial charge in [-0.1, -0.05) is 0 Å². The second-order valence-electron chi connectivity index (χ2n) is 4.27. The fourth-order valence-corrected chi connectivity index (χ4v) is 3.10. The number of aryl methyl sites for hydroxylation is 2. The van der Waals surface area contributed by atoms with Gasteiger partial charge >= 0.3 is 0 Å². The number of ether oxygens (including phenoxy) is 1. The second kappa shape index (κ2) is 5.50. The fraction of sp³-hybridized carbons (Fsp3) is 0.357. The predicted octanol–water partition coefficient (Wildman–Crippen LogP) is 3.08. The molecule has 0 fully saturated rings. The number of rotatable bonds is 4. The van der Waals surface area contributed by atoms with E-state index < -0.39 is 0 Å². The first-order valence-electron chi connectivity index (χ1n) is 5.89. The summed E-state index contributed by atoms with van der Waals surface area (Å²) in [6, 6.07) is 4.43. The van der Waals surface area contributed by atoms with E-state index in [-0.39, 0.29) is 6.04 Å². The summed E-state index contributed by atoms with van der Waals surface area (Å²) in [7, 11) is 3.63. The molecule has 2 aromatic heterocycles. The topological polar surface area (TPSA) is 34.2 Å². The van der Waals surface area contributed by atoms with Crippen LogP contribution in [0.1, 0.15) is 26.9 Å². The zero-order valence-electron chi connectivity index (χ0n) is 11.2. The van der Waals surface area contributed by atoms with Crippen molar-refractivity contribution >= 4 is 11.3 Å². The molecule has 0 saturated carbocycles. The van der Waals surface area contributed by atoms with E-state index in [2.05, 4.69) is 30.2 Å². The first-order chi connectivity index (χ1) is 8.65. The molecule has 0 aliphatic heterocycles. The predicted molar refractivity (Wildman–Crippen MR) is 75.5 cm³/mol. The molecule has 0 amide bonds. The molecule has 0 aromatic carbocycles. The summed E-state index contributed by atoms with van der Waals surface area (Å²) in [5, 5.41) is 3.34. The number of methoxy groups -OCH3 is 1. The van der Waals surface area contributed by atoms with Crippen molar-refractivity contribution in [2.45, 2.75) is 19.9 Å². The van der Waals surface area contributed by atoms with Crippen molar-refractivity contribution in [1.82, 2.24) is 10.3 Å². The van der Waals surface area contributed by atoms with E-state index in [1.54, 1.807) is 13.3 Å². The number of hydrogen-bond donors (Lipinski definition) is 1. The van der Waals surface area contributed by atoms with E-state index in [1.807, 2.05) is 30.6 Å². The van der Waals surface area contributed by atoms with Crippen LogP contribution < -0.4 is 10.1 Å². The molecule has 0 bridgehead atoms. The van der Waals surface area contributed by atoms with Crippen molar-refractivity contribution in [3.8, 4) is 5.75 Å². The monoisotopic (exact) mass is 262 g/mol. The smallest absolute Gasteiger partial charge is 0.137 e. The third-order valence-electron chi connectivity index (χ3n) is 3.06. The third-order valence-corrected chi connectivity index (χ3v) is 4.28. The van der Waals surface area contributed by atoms with E-state index in [9.17, 15) is 0 Å². The Kier molecular flexibility index (Phi) is 3.99. The SMILES string of the molecule is CNC(c1cncc(OC)c1)c1cc(C)c(C)s1. The number of thiophene rings is 1. The van der Waals surface area contributed by atoms with Gasteiger partial charge in [0, 0.05) is 16.0 Å². The summed E-state index contributed by atoms with van der Waals surface area (Å²) in [6.45, 7) is 4.30. The Bertz CT molecular complexity index is 517. The normalized spacial score (nSPS) is 12.4. The minimum absolute atomic E-state index is 0.171. The number of pyridine rings is 1. The van der Waals surface area contributed by atoms with Crippen LogP contribution in [0.15, 0.2) is 24.5 Å². The fourth-order valence-electron chi connectivity index (χ4n) is 1.92. The Balaban J connectivity index is 2.38. The molecule has 0 spiro atoms. The lowest BCUT2D eigenvalue weighted by Gasteiger charge is -2.15. The second-order valence-corrected chi connectivity index (χ2v) is 5.56. The van der Waals surface area contributed by atoms with Crippen LogP contribution in [0.5, 0.6) is 5.75 Å². The molecule has 1 unspecified atom stereocenters. The van der Waals surface area contributed by atoms with Crippen LogP contribution in [0, 0.1) is 13.8 Å². The zero-order chi connectivity index (χ0) is 13.1. The molecule has 0 radical (unpaired) electrons. The van der Waals surface area contributed by atoms with Gasteiger partial charge in [0.15, 0.2) is 0 Å². The van der Waals surface area contributed by atoms with Crippen LogP contribution in [0.4, 0.5) is 0 Å². The lowest BCUT2D eigenvalue weighted by molar-refractivity contribution is 0.411. The van der Waals surface area contributed by atoms with Crippen LogP contribution in [0.25, 0.3) is 0 Å². The highest BCUT2D eigenvalue weighted by Crippen LogP contribution is 2.31. The van der Waals surface area contributed by atoms with E-state index in [0.717, 1.165) is 11.3 Å². The summed E-state index contributed by atoms with van der Waals surface area (Å²) < 4.78 is 5.23. The average Bonchev–Trinajstić information content (AvgIpc) is 2.70. The first-order valence-corrected chi connectivity index (χ1v) is 6.70. The number of hydrogen-bond acceptors (Lipinski definition) is 4. The van der Waals surface area contributed by atoms with Gasteiger partial charge in [-0.25, -0.2) is 0 Å². The Morgan fingerprint density at radius 2 is 2.06 bits per heavy atom. The largest absolute Gasteiger partial charge is 0.495 e. The number of aromatic nitrogens is 1.